The summed E-state index contributed by atoms with van der Waals surface area (Å²) in [5.74, 6) is 0.188. The molecule has 1 N–H and O–H groups in total. The van der Waals surface area contributed by atoms with Crippen molar-refractivity contribution in [3.8, 4) is 0 Å². The highest BCUT2D eigenvalue weighted by Gasteiger charge is 2.33. The molecule has 0 aromatic heterocycles. The second-order valence-corrected chi connectivity index (χ2v) is 4.65. The first-order valence-electron chi connectivity index (χ1n) is 5.84. The summed E-state index contributed by atoms with van der Waals surface area (Å²) in [6.07, 6.45) is 1.74. The van der Waals surface area contributed by atoms with Crippen LogP contribution in [0.5, 0.6) is 0 Å². The lowest BCUT2D eigenvalue weighted by Crippen LogP contribution is -2.58. The van der Waals surface area contributed by atoms with Crippen LogP contribution < -0.4 is 5.32 Å². The predicted molar refractivity (Wildman–Crippen MR) is 57.6 cm³/mol. The summed E-state index contributed by atoms with van der Waals surface area (Å²) in [4.78, 5) is 14.1. The van der Waals surface area contributed by atoms with Gasteiger partial charge in [0.15, 0.2) is 0 Å². The number of nitrogens with zero attached hydrogens (tertiary/aromatic N) is 1. The molecule has 2 aliphatic rings. The zero-order valence-electron chi connectivity index (χ0n) is 9.53. The van der Waals surface area contributed by atoms with Crippen LogP contribution in [0.2, 0.25) is 0 Å². The van der Waals surface area contributed by atoms with Crippen molar-refractivity contribution in [1.29, 1.82) is 0 Å². The Balaban J connectivity index is 1.97. The molecule has 2 heterocycles. The number of amides is 1. The van der Waals surface area contributed by atoms with Gasteiger partial charge in [0.2, 0.25) is 0 Å². The van der Waals surface area contributed by atoms with Crippen molar-refractivity contribution in [3.63, 3.8) is 0 Å². The maximum absolute atomic E-state index is 12.1. The number of hydrogen-bond donors (Lipinski definition) is 1. The molecule has 0 radical (unpaired) electrons. The predicted octanol–water partition coefficient (Wildman–Crippen LogP) is 0.374. The number of hydrogen-bond acceptors (Lipinski definition) is 3. The minimum atomic E-state index is -0.169. The summed E-state index contributed by atoms with van der Waals surface area (Å²) in [6, 6.07) is 0.685. The average molecular weight is 212 g/mol. The van der Waals surface area contributed by atoms with Crippen molar-refractivity contribution in [2.45, 2.75) is 44.9 Å². The molecular weight excluding hydrogens is 192 g/mol. The van der Waals surface area contributed by atoms with E-state index in [1.54, 1.807) is 0 Å². The van der Waals surface area contributed by atoms with Crippen LogP contribution in [-0.4, -0.2) is 48.7 Å². The third-order valence-corrected chi connectivity index (χ3v) is 3.25. The van der Waals surface area contributed by atoms with Gasteiger partial charge in [-0.1, -0.05) is 0 Å². The van der Waals surface area contributed by atoms with Gasteiger partial charge >= 0.3 is 0 Å². The molecule has 4 heteroatoms. The molecule has 0 aromatic carbocycles. The maximum Gasteiger partial charge on any atom is 0.252 e. The molecule has 0 saturated carbocycles. The monoisotopic (exact) mass is 212 g/mol. The van der Waals surface area contributed by atoms with Gasteiger partial charge in [-0.3, -0.25) is 4.79 Å². The number of piperazine rings is 1. The fraction of sp³-hybridized carbons (Fsp3) is 0.909. The van der Waals surface area contributed by atoms with E-state index >= 15 is 0 Å². The van der Waals surface area contributed by atoms with Crippen molar-refractivity contribution in [2.24, 2.45) is 0 Å². The largest absolute Gasteiger partial charge is 0.368 e. The minimum Gasteiger partial charge on any atom is -0.368 e. The highest BCUT2D eigenvalue weighted by atomic mass is 16.5. The Morgan fingerprint density at radius 3 is 2.93 bits per heavy atom. The van der Waals surface area contributed by atoms with E-state index in [2.05, 4.69) is 19.2 Å². The quantitative estimate of drug-likeness (QED) is 0.683. The van der Waals surface area contributed by atoms with Crippen LogP contribution in [0.1, 0.15) is 26.7 Å². The van der Waals surface area contributed by atoms with E-state index in [1.165, 1.54) is 0 Å². The molecule has 0 aromatic rings. The lowest BCUT2D eigenvalue weighted by molar-refractivity contribution is -0.144. The van der Waals surface area contributed by atoms with E-state index in [0.717, 1.165) is 32.5 Å². The first-order valence-corrected chi connectivity index (χ1v) is 5.84. The third-order valence-electron chi connectivity index (χ3n) is 3.25. The smallest absolute Gasteiger partial charge is 0.252 e. The van der Waals surface area contributed by atoms with Crippen LogP contribution in [0.25, 0.3) is 0 Å². The van der Waals surface area contributed by atoms with Crippen molar-refractivity contribution < 1.29 is 9.53 Å². The van der Waals surface area contributed by atoms with Crippen molar-refractivity contribution >= 4 is 5.91 Å². The van der Waals surface area contributed by atoms with Gasteiger partial charge in [0.05, 0.1) is 0 Å². The first kappa shape index (κ1) is 10.9. The SMILES string of the molecule is CC1CN(C(=O)[C@H]2CCCO2)C(C)CN1. The van der Waals surface area contributed by atoms with E-state index < -0.39 is 0 Å². The number of nitrogens with one attached hydrogen (secondary N) is 1. The fourth-order valence-corrected chi connectivity index (χ4v) is 2.29. The van der Waals surface area contributed by atoms with Gasteiger partial charge in [-0.2, -0.15) is 0 Å². The first-order chi connectivity index (χ1) is 7.18. The van der Waals surface area contributed by atoms with Crippen LogP contribution in [0.15, 0.2) is 0 Å². The molecule has 4 nitrogen and oxygen atoms in total. The van der Waals surface area contributed by atoms with Crippen LogP contribution >= 0.6 is 0 Å². The summed E-state index contributed by atoms with van der Waals surface area (Å²) in [5, 5.41) is 3.37. The molecule has 0 bridgehead atoms. The van der Waals surface area contributed by atoms with Crippen LogP contribution in [0.4, 0.5) is 0 Å². The Labute approximate surface area is 91.0 Å². The van der Waals surface area contributed by atoms with E-state index in [0.29, 0.717) is 6.04 Å². The Hall–Kier alpha value is -0.610. The van der Waals surface area contributed by atoms with Gasteiger partial charge in [0.25, 0.3) is 5.91 Å². The van der Waals surface area contributed by atoms with Gasteiger partial charge in [-0.15, -0.1) is 0 Å². The maximum atomic E-state index is 12.1. The summed E-state index contributed by atoms with van der Waals surface area (Å²) >= 11 is 0. The van der Waals surface area contributed by atoms with Crippen molar-refractivity contribution in [2.75, 3.05) is 19.7 Å². The van der Waals surface area contributed by atoms with E-state index in [1.807, 2.05) is 4.90 Å². The molecule has 2 fully saturated rings. The molecule has 0 spiro atoms. The molecule has 2 saturated heterocycles. The van der Waals surface area contributed by atoms with Crippen molar-refractivity contribution in [3.05, 3.63) is 0 Å². The number of ether oxygens (including phenoxy) is 1. The van der Waals surface area contributed by atoms with E-state index in [4.69, 9.17) is 4.74 Å². The highest BCUT2D eigenvalue weighted by Crippen LogP contribution is 2.17. The average Bonchev–Trinajstić information content (AvgIpc) is 2.74. The lowest BCUT2D eigenvalue weighted by atomic mass is 10.1. The fourth-order valence-electron chi connectivity index (χ4n) is 2.29. The number of rotatable bonds is 1. The van der Waals surface area contributed by atoms with Gasteiger partial charge in [0, 0.05) is 31.8 Å². The van der Waals surface area contributed by atoms with Gasteiger partial charge < -0.3 is 15.0 Å². The summed E-state index contributed by atoms with van der Waals surface area (Å²) in [7, 11) is 0. The third kappa shape index (κ3) is 2.32. The summed E-state index contributed by atoms with van der Waals surface area (Å²) in [5.41, 5.74) is 0. The van der Waals surface area contributed by atoms with Gasteiger partial charge in [0.1, 0.15) is 6.10 Å². The molecule has 0 aliphatic carbocycles. The molecule has 15 heavy (non-hydrogen) atoms. The Morgan fingerprint density at radius 1 is 1.47 bits per heavy atom. The van der Waals surface area contributed by atoms with Crippen LogP contribution in [0.3, 0.4) is 0 Å². The molecule has 2 rings (SSSR count). The molecular formula is C11H20N2O2. The van der Waals surface area contributed by atoms with Crippen molar-refractivity contribution in [1.82, 2.24) is 10.2 Å². The minimum absolute atomic E-state index is 0.169. The second-order valence-electron chi connectivity index (χ2n) is 4.65. The zero-order chi connectivity index (χ0) is 10.8. The topological polar surface area (TPSA) is 41.6 Å². The molecule has 86 valence electrons. The Bertz CT molecular complexity index is 239. The number of carbonyl (C=O) groups is 1. The van der Waals surface area contributed by atoms with Gasteiger partial charge in [-0.25, -0.2) is 0 Å². The summed E-state index contributed by atoms with van der Waals surface area (Å²) in [6.45, 7) is 6.64. The highest BCUT2D eigenvalue weighted by molar-refractivity contribution is 5.81. The zero-order valence-corrected chi connectivity index (χ0v) is 9.53. The lowest BCUT2D eigenvalue weighted by Gasteiger charge is -2.38. The van der Waals surface area contributed by atoms with Crippen LogP contribution in [-0.2, 0) is 9.53 Å². The molecule has 2 aliphatic heterocycles. The normalized spacial score (nSPS) is 36.9. The number of carbonyl (C=O) groups excluding carboxylic acids is 1. The summed E-state index contributed by atoms with van der Waals surface area (Å²) < 4.78 is 5.44. The van der Waals surface area contributed by atoms with Crippen LogP contribution in [0, 0.1) is 0 Å². The molecule has 2 unspecified atom stereocenters. The second kappa shape index (κ2) is 4.49. The Kier molecular flexibility index (Phi) is 3.26. The Morgan fingerprint density at radius 2 is 2.27 bits per heavy atom. The van der Waals surface area contributed by atoms with E-state index in [-0.39, 0.29) is 18.1 Å². The molecule has 1 amide bonds. The van der Waals surface area contributed by atoms with E-state index in [9.17, 15) is 4.79 Å². The van der Waals surface area contributed by atoms with Gasteiger partial charge in [-0.05, 0) is 26.7 Å². The molecule has 3 atom stereocenters. The standard InChI is InChI=1S/C11H20N2O2/c1-8-7-13(9(2)6-12-8)11(14)10-4-3-5-15-10/h8-10,12H,3-7H2,1-2H3/t8?,9?,10-/m1/s1.